The van der Waals surface area contributed by atoms with Gasteiger partial charge in [-0.1, -0.05) is 11.8 Å². The Bertz CT molecular complexity index is 688. The number of nitrogens with zero attached hydrogens (tertiary/aromatic N) is 1. The first-order chi connectivity index (χ1) is 12.4. The van der Waals surface area contributed by atoms with Crippen molar-refractivity contribution >= 4 is 29.4 Å². The number of rotatable bonds is 6. The number of amides is 1. The van der Waals surface area contributed by atoms with Crippen molar-refractivity contribution in [1.29, 1.82) is 0 Å². The van der Waals surface area contributed by atoms with Crippen LogP contribution in [0, 0.1) is 0 Å². The first-order valence-electron chi connectivity index (χ1n) is 8.40. The predicted molar refractivity (Wildman–Crippen MR) is 96.6 cm³/mol. The SMILES string of the molecule is CCN(CC)C(=O)COC(=O)C1Sc2cc(OC)ccc2OC(C)C1=O. The standard InChI is InChI=1S/C18H23NO6S/c1-5-19(6-2)15(20)10-24-18(22)17-16(21)11(3)25-13-8-7-12(23-4)9-14(13)26-17/h7-9,11,17H,5-6,10H2,1-4H3. The van der Waals surface area contributed by atoms with Crippen LogP contribution in [0.1, 0.15) is 20.8 Å². The lowest BCUT2D eigenvalue weighted by Gasteiger charge is -2.19. The molecule has 0 bridgehead atoms. The second-order valence-electron chi connectivity index (χ2n) is 5.65. The van der Waals surface area contributed by atoms with Crippen molar-refractivity contribution in [3.63, 3.8) is 0 Å². The summed E-state index contributed by atoms with van der Waals surface area (Å²) in [7, 11) is 1.53. The molecule has 0 N–H and O–H groups in total. The Kier molecular flexibility index (Phi) is 6.90. The van der Waals surface area contributed by atoms with Crippen molar-refractivity contribution in [2.45, 2.75) is 37.0 Å². The fraction of sp³-hybridized carbons (Fsp3) is 0.500. The zero-order valence-corrected chi connectivity index (χ0v) is 16.1. The average Bonchev–Trinajstić information content (AvgIpc) is 2.77. The highest BCUT2D eigenvalue weighted by atomic mass is 32.2. The summed E-state index contributed by atoms with van der Waals surface area (Å²) >= 11 is 1.04. The van der Waals surface area contributed by atoms with Crippen LogP contribution in [0.15, 0.2) is 23.1 Å². The number of likely N-dealkylation sites (N-methyl/N-ethyl adjacent to an activating group) is 1. The maximum absolute atomic E-state index is 12.5. The number of carbonyl (C=O) groups excluding carboxylic acids is 3. The Labute approximate surface area is 157 Å². The number of hydrogen-bond acceptors (Lipinski definition) is 7. The van der Waals surface area contributed by atoms with E-state index in [4.69, 9.17) is 14.2 Å². The van der Waals surface area contributed by atoms with E-state index in [1.54, 1.807) is 30.0 Å². The van der Waals surface area contributed by atoms with Crippen LogP contribution < -0.4 is 9.47 Å². The molecule has 7 nitrogen and oxygen atoms in total. The van der Waals surface area contributed by atoms with E-state index in [1.807, 2.05) is 13.8 Å². The highest BCUT2D eigenvalue weighted by molar-refractivity contribution is 8.01. The zero-order valence-electron chi connectivity index (χ0n) is 15.3. The van der Waals surface area contributed by atoms with Crippen molar-refractivity contribution < 1.29 is 28.6 Å². The number of methoxy groups -OCH3 is 1. The van der Waals surface area contributed by atoms with Gasteiger partial charge < -0.3 is 19.1 Å². The van der Waals surface area contributed by atoms with Gasteiger partial charge in [0.1, 0.15) is 11.5 Å². The first kappa shape index (κ1) is 20.1. The van der Waals surface area contributed by atoms with Crippen LogP contribution in [0.25, 0.3) is 0 Å². The Morgan fingerprint density at radius 3 is 2.58 bits per heavy atom. The van der Waals surface area contributed by atoms with E-state index in [1.165, 1.54) is 7.11 Å². The lowest BCUT2D eigenvalue weighted by molar-refractivity contribution is -0.153. The second kappa shape index (κ2) is 8.93. The summed E-state index contributed by atoms with van der Waals surface area (Å²) in [5.74, 6) is -0.338. The summed E-state index contributed by atoms with van der Waals surface area (Å²) in [4.78, 5) is 39.2. The van der Waals surface area contributed by atoms with Gasteiger partial charge in [-0.05, 0) is 39.0 Å². The second-order valence-corrected chi connectivity index (χ2v) is 6.79. The number of carbonyl (C=O) groups is 3. The average molecular weight is 381 g/mol. The summed E-state index contributed by atoms with van der Waals surface area (Å²) in [5, 5.41) is -1.09. The molecule has 0 radical (unpaired) electrons. The van der Waals surface area contributed by atoms with Crippen molar-refractivity contribution in [2.75, 3.05) is 26.8 Å². The minimum absolute atomic E-state index is 0.291. The third-order valence-corrected chi connectivity index (χ3v) is 5.26. The molecule has 1 aromatic carbocycles. The molecule has 26 heavy (non-hydrogen) atoms. The van der Waals surface area contributed by atoms with Gasteiger partial charge in [-0.2, -0.15) is 0 Å². The van der Waals surface area contributed by atoms with Crippen molar-refractivity contribution in [3.8, 4) is 11.5 Å². The molecular weight excluding hydrogens is 358 g/mol. The van der Waals surface area contributed by atoms with Crippen molar-refractivity contribution in [2.24, 2.45) is 0 Å². The van der Waals surface area contributed by atoms with E-state index >= 15 is 0 Å². The monoisotopic (exact) mass is 381 g/mol. The molecule has 142 valence electrons. The first-order valence-corrected chi connectivity index (χ1v) is 9.28. The quantitative estimate of drug-likeness (QED) is 0.550. The lowest BCUT2D eigenvalue weighted by atomic mass is 10.2. The van der Waals surface area contributed by atoms with E-state index in [9.17, 15) is 14.4 Å². The van der Waals surface area contributed by atoms with Gasteiger partial charge in [0.2, 0.25) is 0 Å². The number of fused-ring (bicyclic) bond motifs is 1. The van der Waals surface area contributed by atoms with Crippen LogP contribution in [0.3, 0.4) is 0 Å². The number of hydrogen-bond donors (Lipinski definition) is 0. The number of benzene rings is 1. The normalized spacial score (nSPS) is 19.0. The van der Waals surface area contributed by atoms with E-state index in [0.29, 0.717) is 29.5 Å². The van der Waals surface area contributed by atoms with Crippen LogP contribution in [0.2, 0.25) is 0 Å². The Balaban J connectivity index is 2.14. The molecule has 2 atom stereocenters. The number of ketones is 1. The molecule has 2 unspecified atom stereocenters. The molecule has 1 aromatic rings. The number of thioether (sulfide) groups is 1. The van der Waals surface area contributed by atoms with E-state index in [-0.39, 0.29) is 12.5 Å². The molecule has 1 aliphatic heterocycles. The van der Waals surface area contributed by atoms with Crippen LogP contribution in [-0.4, -0.2) is 60.7 Å². The number of ether oxygens (including phenoxy) is 3. The zero-order chi connectivity index (χ0) is 19.3. The van der Waals surface area contributed by atoms with E-state index < -0.39 is 23.1 Å². The van der Waals surface area contributed by atoms with Crippen LogP contribution in [0.4, 0.5) is 0 Å². The van der Waals surface area contributed by atoms with Gasteiger partial charge in [-0.3, -0.25) is 14.4 Å². The van der Waals surface area contributed by atoms with E-state index in [2.05, 4.69) is 0 Å². The van der Waals surface area contributed by atoms with Gasteiger partial charge in [-0.25, -0.2) is 0 Å². The van der Waals surface area contributed by atoms with Crippen molar-refractivity contribution in [1.82, 2.24) is 4.90 Å². The van der Waals surface area contributed by atoms with E-state index in [0.717, 1.165) is 11.8 Å². The molecule has 0 saturated carbocycles. The van der Waals surface area contributed by atoms with Crippen LogP contribution in [0.5, 0.6) is 11.5 Å². The minimum atomic E-state index is -1.09. The summed E-state index contributed by atoms with van der Waals surface area (Å²) < 4.78 is 15.9. The maximum Gasteiger partial charge on any atom is 0.327 e. The summed E-state index contributed by atoms with van der Waals surface area (Å²) in [6.45, 7) is 5.95. The summed E-state index contributed by atoms with van der Waals surface area (Å²) in [6.07, 6.45) is -0.798. The molecule has 1 heterocycles. The van der Waals surface area contributed by atoms with Gasteiger partial charge >= 0.3 is 5.97 Å². The number of esters is 1. The lowest BCUT2D eigenvalue weighted by Crippen LogP contribution is -2.39. The molecule has 0 aromatic heterocycles. The molecule has 0 fully saturated rings. The predicted octanol–water partition coefficient (Wildman–Crippen LogP) is 1.92. The molecule has 2 rings (SSSR count). The largest absolute Gasteiger partial charge is 0.497 e. The molecule has 1 aliphatic rings. The molecule has 1 amide bonds. The highest BCUT2D eigenvalue weighted by Gasteiger charge is 2.37. The van der Waals surface area contributed by atoms with Crippen LogP contribution in [-0.2, 0) is 19.1 Å². The molecular formula is C18H23NO6S. The van der Waals surface area contributed by atoms with Crippen molar-refractivity contribution in [3.05, 3.63) is 18.2 Å². The molecule has 0 aliphatic carbocycles. The third-order valence-electron chi connectivity index (χ3n) is 4.03. The third kappa shape index (κ3) is 4.49. The highest BCUT2D eigenvalue weighted by Crippen LogP contribution is 2.39. The fourth-order valence-electron chi connectivity index (χ4n) is 2.49. The maximum atomic E-state index is 12.5. The fourth-order valence-corrected chi connectivity index (χ4v) is 3.63. The van der Waals surface area contributed by atoms with Gasteiger partial charge in [-0.15, -0.1) is 0 Å². The molecule has 8 heteroatoms. The van der Waals surface area contributed by atoms with Gasteiger partial charge in [0.05, 0.1) is 12.0 Å². The number of Topliss-reactive ketones (excluding diaryl/α,β-unsaturated/α-hetero) is 1. The smallest absolute Gasteiger partial charge is 0.327 e. The van der Waals surface area contributed by atoms with Crippen LogP contribution >= 0.6 is 11.8 Å². The minimum Gasteiger partial charge on any atom is -0.497 e. The summed E-state index contributed by atoms with van der Waals surface area (Å²) in [5.41, 5.74) is 0. The Morgan fingerprint density at radius 2 is 1.96 bits per heavy atom. The summed E-state index contributed by atoms with van der Waals surface area (Å²) in [6, 6.07) is 5.12. The molecule has 0 saturated heterocycles. The topological polar surface area (TPSA) is 82.1 Å². The van der Waals surface area contributed by atoms with Gasteiger partial charge in [0.15, 0.2) is 23.7 Å². The van der Waals surface area contributed by atoms with Gasteiger partial charge in [0.25, 0.3) is 5.91 Å². The Morgan fingerprint density at radius 1 is 1.27 bits per heavy atom. The van der Waals surface area contributed by atoms with Gasteiger partial charge in [0, 0.05) is 13.1 Å². The Hall–Kier alpha value is -2.22. The molecule has 0 spiro atoms.